The van der Waals surface area contributed by atoms with Crippen molar-refractivity contribution in [2.75, 3.05) is 0 Å². The van der Waals surface area contributed by atoms with Crippen LogP contribution in [0.3, 0.4) is 0 Å². The molecule has 0 bridgehead atoms. The van der Waals surface area contributed by atoms with Crippen molar-refractivity contribution in [1.82, 2.24) is 0 Å². The lowest BCUT2D eigenvalue weighted by atomic mass is 10.3. The van der Waals surface area contributed by atoms with Gasteiger partial charge in [-0.3, -0.25) is 0 Å². The second kappa shape index (κ2) is 2.96. The second-order valence-electron chi connectivity index (χ2n) is 1.47. The van der Waals surface area contributed by atoms with E-state index >= 15 is 0 Å². The lowest BCUT2D eigenvalue weighted by Crippen LogP contribution is -1.64. The summed E-state index contributed by atoms with van der Waals surface area (Å²) in [5, 5.41) is 8.28. The summed E-state index contributed by atoms with van der Waals surface area (Å²) in [6, 6.07) is 3.28. The molecule has 3 heteroatoms. The summed E-state index contributed by atoms with van der Waals surface area (Å²) in [4.78, 5) is 0. The first kappa shape index (κ1) is 6.74. The van der Waals surface area contributed by atoms with Crippen LogP contribution in [0, 0.1) is 23.2 Å². The summed E-state index contributed by atoms with van der Waals surface area (Å²) >= 11 is 5.50. The van der Waals surface area contributed by atoms with Gasteiger partial charge in [0.05, 0.1) is 11.8 Å². The minimum Gasteiger partial charge on any atom is -0.452 e. The molecule has 1 rings (SSSR count). The third-order valence-electron chi connectivity index (χ3n) is 0.871. The number of rotatable bonds is 0. The fourth-order valence-electron chi connectivity index (χ4n) is 0.477. The van der Waals surface area contributed by atoms with E-state index < -0.39 is 0 Å². The number of furan rings is 1. The number of hydrogen-bond acceptors (Lipinski definition) is 2. The molecule has 0 N–H and O–H groups in total. The molecule has 0 aliphatic heterocycles. The first-order valence-electron chi connectivity index (χ1n) is 2.47. The van der Waals surface area contributed by atoms with Gasteiger partial charge in [0.15, 0.2) is 6.07 Å². The van der Waals surface area contributed by atoms with Crippen molar-refractivity contribution in [2.45, 2.75) is 0 Å². The maximum Gasteiger partial charge on any atom is 0.208 e. The van der Waals surface area contributed by atoms with Gasteiger partial charge >= 0.3 is 0 Å². The molecular formula is C7H2ClNO. The fourth-order valence-corrected chi connectivity index (χ4v) is 0.639. The van der Waals surface area contributed by atoms with E-state index in [4.69, 9.17) is 21.3 Å². The number of halogens is 1. The zero-order chi connectivity index (χ0) is 7.40. The summed E-state index contributed by atoms with van der Waals surface area (Å²) in [5.74, 6) is 4.71. The predicted octanol–water partition coefficient (Wildman–Crippen LogP) is 1.81. The summed E-state index contributed by atoms with van der Waals surface area (Å²) in [6.07, 6.45) is 1.42. The Balaban J connectivity index is 2.97. The van der Waals surface area contributed by atoms with Crippen LogP contribution in [0.25, 0.3) is 0 Å². The van der Waals surface area contributed by atoms with Gasteiger partial charge in [-0.15, -0.1) is 0 Å². The summed E-state index contributed by atoms with van der Waals surface area (Å²) in [6.45, 7) is 0. The van der Waals surface area contributed by atoms with Crippen molar-refractivity contribution in [2.24, 2.45) is 0 Å². The zero-order valence-electron chi connectivity index (χ0n) is 4.89. The maximum atomic E-state index is 8.06. The molecule has 0 radical (unpaired) electrons. The molecule has 1 heterocycles. The zero-order valence-corrected chi connectivity index (χ0v) is 5.64. The summed E-state index contributed by atoms with van der Waals surface area (Å²) < 4.78 is 4.72. The Labute approximate surface area is 63.0 Å². The Morgan fingerprint density at radius 1 is 1.60 bits per heavy atom. The highest BCUT2D eigenvalue weighted by Crippen LogP contribution is 2.14. The van der Waals surface area contributed by atoms with E-state index in [0.29, 0.717) is 5.56 Å². The van der Waals surface area contributed by atoms with Crippen molar-refractivity contribution in [3.05, 3.63) is 23.1 Å². The van der Waals surface area contributed by atoms with E-state index in [-0.39, 0.29) is 5.22 Å². The molecule has 1 aromatic heterocycles. The Hall–Kier alpha value is -1.38. The Morgan fingerprint density at radius 2 is 2.40 bits per heavy atom. The first-order valence-corrected chi connectivity index (χ1v) is 2.85. The average Bonchev–Trinajstić information content (AvgIpc) is 2.31. The van der Waals surface area contributed by atoms with Crippen LogP contribution in [0.5, 0.6) is 0 Å². The topological polar surface area (TPSA) is 36.9 Å². The highest BCUT2D eigenvalue weighted by molar-refractivity contribution is 6.29. The average molecular weight is 152 g/mol. The number of nitrogens with zero attached hydrogens (tertiary/aromatic N) is 1. The first-order chi connectivity index (χ1) is 4.84. The molecule has 0 fully saturated rings. The number of hydrogen-bond donors (Lipinski definition) is 0. The molecule has 0 saturated heterocycles. The third kappa shape index (κ3) is 1.31. The predicted molar refractivity (Wildman–Crippen MR) is 36.2 cm³/mol. The van der Waals surface area contributed by atoms with Gasteiger partial charge in [-0.2, -0.15) is 5.26 Å². The molecule has 1 aromatic rings. The van der Waals surface area contributed by atoms with Gasteiger partial charge < -0.3 is 4.42 Å². The second-order valence-corrected chi connectivity index (χ2v) is 1.81. The molecule has 0 atom stereocenters. The third-order valence-corrected chi connectivity index (χ3v) is 1.16. The minimum atomic E-state index is 0.225. The fraction of sp³-hybridized carbons (Fsp3) is 0. The smallest absolute Gasteiger partial charge is 0.208 e. The largest absolute Gasteiger partial charge is 0.452 e. The van der Waals surface area contributed by atoms with Crippen LogP contribution in [0.1, 0.15) is 5.56 Å². The van der Waals surface area contributed by atoms with Crippen LogP contribution in [-0.4, -0.2) is 0 Å². The summed E-state index contributed by atoms with van der Waals surface area (Å²) in [5.41, 5.74) is 0.545. The van der Waals surface area contributed by atoms with E-state index in [0.717, 1.165) is 0 Å². The SMILES string of the molecule is N#CC#Cc1ccoc1Cl. The molecule has 0 aliphatic carbocycles. The molecule has 0 amide bonds. The van der Waals surface area contributed by atoms with E-state index in [1.54, 1.807) is 12.1 Å². The Bertz CT molecular complexity index is 323. The molecular weight excluding hydrogens is 150 g/mol. The molecule has 2 nitrogen and oxygen atoms in total. The molecule has 0 unspecified atom stereocenters. The molecule has 0 aromatic carbocycles. The van der Waals surface area contributed by atoms with Gasteiger partial charge in [-0.05, 0) is 23.6 Å². The van der Waals surface area contributed by atoms with Crippen LogP contribution in [0.15, 0.2) is 16.7 Å². The highest BCUT2D eigenvalue weighted by Gasteiger charge is 1.96. The van der Waals surface area contributed by atoms with Crippen LogP contribution in [0.2, 0.25) is 5.22 Å². The molecule has 0 saturated carbocycles. The van der Waals surface area contributed by atoms with Gasteiger partial charge in [0, 0.05) is 5.92 Å². The van der Waals surface area contributed by atoms with Gasteiger partial charge in [0.2, 0.25) is 5.22 Å². The molecule has 10 heavy (non-hydrogen) atoms. The lowest BCUT2D eigenvalue weighted by Gasteiger charge is -1.76. The normalized spacial score (nSPS) is 7.60. The number of nitriles is 1. The van der Waals surface area contributed by atoms with Gasteiger partial charge in [-0.25, -0.2) is 0 Å². The Morgan fingerprint density at radius 3 is 2.90 bits per heavy atom. The van der Waals surface area contributed by atoms with E-state index in [1.165, 1.54) is 6.26 Å². The molecule has 0 aliphatic rings. The van der Waals surface area contributed by atoms with Crippen LogP contribution in [-0.2, 0) is 0 Å². The monoisotopic (exact) mass is 151 g/mol. The van der Waals surface area contributed by atoms with Crippen molar-refractivity contribution in [3.63, 3.8) is 0 Å². The van der Waals surface area contributed by atoms with E-state index in [9.17, 15) is 0 Å². The lowest BCUT2D eigenvalue weighted by molar-refractivity contribution is 0.569. The minimum absolute atomic E-state index is 0.225. The Kier molecular flexibility index (Phi) is 1.99. The summed E-state index contributed by atoms with van der Waals surface area (Å²) in [7, 11) is 0. The van der Waals surface area contributed by atoms with Crippen molar-refractivity contribution < 1.29 is 4.42 Å². The quantitative estimate of drug-likeness (QED) is 0.531. The van der Waals surface area contributed by atoms with E-state index in [2.05, 4.69) is 11.8 Å². The van der Waals surface area contributed by atoms with Crippen molar-refractivity contribution in [1.29, 1.82) is 5.26 Å². The van der Waals surface area contributed by atoms with Crippen molar-refractivity contribution in [3.8, 4) is 17.9 Å². The van der Waals surface area contributed by atoms with Crippen LogP contribution < -0.4 is 0 Å². The highest BCUT2D eigenvalue weighted by atomic mass is 35.5. The van der Waals surface area contributed by atoms with Crippen LogP contribution >= 0.6 is 11.6 Å². The van der Waals surface area contributed by atoms with Gasteiger partial charge in [0.25, 0.3) is 0 Å². The van der Waals surface area contributed by atoms with Gasteiger partial charge in [0.1, 0.15) is 0 Å². The van der Waals surface area contributed by atoms with E-state index in [1.807, 2.05) is 0 Å². The molecule has 48 valence electrons. The standard InChI is InChI=1S/C7H2ClNO/c8-7-6(2-1-4-9)3-5-10-7/h3,5H. The van der Waals surface area contributed by atoms with Gasteiger partial charge in [-0.1, -0.05) is 0 Å². The van der Waals surface area contributed by atoms with Crippen LogP contribution in [0.4, 0.5) is 0 Å². The molecule has 0 spiro atoms. The van der Waals surface area contributed by atoms with Crippen molar-refractivity contribution >= 4 is 11.6 Å². The maximum absolute atomic E-state index is 8.06.